The quantitative estimate of drug-likeness (QED) is 0.431. The number of nitrogens with one attached hydrogen (secondary N) is 1. The van der Waals surface area contributed by atoms with E-state index in [2.05, 4.69) is 5.32 Å². The van der Waals surface area contributed by atoms with Crippen molar-refractivity contribution >= 4 is 29.0 Å². The molecule has 1 aromatic carbocycles. The van der Waals surface area contributed by atoms with Crippen molar-refractivity contribution in [2.75, 3.05) is 13.2 Å². The smallest absolute Gasteiger partial charge is 0.306 e. The van der Waals surface area contributed by atoms with Gasteiger partial charge in [-0.05, 0) is 17.9 Å². The van der Waals surface area contributed by atoms with Crippen molar-refractivity contribution in [3.63, 3.8) is 0 Å². The Balaban J connectivity index is 1.55. The van der Waals surface area contributed by atoms with E-state index in [1.165, 1.54) is 11.3 Å². The summed E-state index contributed by atoms with van der Waals surface area (Å²) in [5, 5.41) is 4.60. The second-order valence-electron chi connectivity index (χ2n) is 5.10. The van der Waals surface area contributed by atoms with Crippen LogP contribution < -0.4 is 5.32 Å². The molecule has 126 valence electrons. The van der Waals surface area contributed by atoms with Crippen LogP contribution in [0.25, 0.3) is 0 Å². The molecular weight excluding hydrogens is 326 g/mol. The van der Waals surface area contributed by atoms with Gasteiger partial charge in [0, 0.05) is 18.5 Å². The van der Waals surface area contributed by atoms with Gasteiger partial charge in [-0.1, -0.05) is 36.4 Å². The fourth-order valence-electron chi connectivity index (χ4n) is 2.01. The first-order valence-electron chi connectivity index (χ1n) is 7.72. The number of amides is 1. The van der Waals surface area contributed by atoms with Crippen LogP contribution in [0.3, 0.4) is 0 Å². The fraction of sp³-hybridized carbons (Fsp3) is 0.278. The number of hydrogen-bond donors (Lipinski definition) is 1. The summed E-state index contributed by atoms with van der Waals surface area (Å²) < 4.78 is 5.06. The Hall–Kier alpha value is -2.47. The average molecular weight is 345 g/mol. The molecule has 2 aromatic rings. The summed E-state index contributed by atoms with van der Waals surface area (Å²) in [5.74, 6) is -0.593. The highest BCUT2D eigenvalue weighted by atomic mass is 32.1. The summed E-state index contributed by atoms with van der Waals surface area (Å²) in [6.07, 6.45) is 0.739. The third kappa shape index (κ3) is 5.96. The van der Waals surface area contributed by atoms with Crippen molar-refractivity contribution < 1.29 is 19.1 Å². The first-order chi connectivity index (χ1) is 11.7. The van der Waals surface area contributed by atoms with Gasteiger partial charge in [0.1, 0.15) is 0 Å². The van der Waals surface area contributed by atoms with Crippen molar-refractivity contribution in [3.05, 3.63) is 58.3 Å². The SMILES string of the molecule is O=C(CCC(=O)c1ccccc1)OCCCNC(=O)c1cccs1. The molecule has 1 heterocycles. The molecule has 0 aliphatic heterocycles. The van der Waals surface area contributed by atoms with Crippen molar-refractivity contribution in [2.24, 2.45) is 0 Å². The van der Waals surface area contributed by atoms with Gasteiger partial charge in [0.25, 0.3) is 5.91 Å². The molecule has 0 aliphatic rings. The number of rotatable bonds is 9. The van der Waals surface area contributed by atoms with Gasteiger partial charge in [-0.15, -0.1) is 11.3 Å². The van der Waals surface area contributed by atoms with Gasteiger partial charge in [0.05, 0.1) is 17.9 Å². The van der Waals surface area contributed by atoms with Crippen LogP contribution in [-0.2, 0) is 9.53 Å². The second-order valence-corrected chi connectivity index (χ2v) is 6.04. The number of thiophene rings is 1. The highest BCUT2D eigenvalue weighted by Crippen LogP contribution is 2.08. The van der Waals surface area contributed by atoms with E-state index in [1.54, 1.807) is 30.3 Å². The zero-order valence-corrected chi connectivity index (χ0v) is 14.0. The van der Waals surface area contributed by atoms with Crippen molar-refractivity contribution in [1.29, 1.82) is 0 Å². The largest absolute Gasteiger partial charge is 0.466 e. The maximum Gasteiger partial charge on any atom is 0.306 e. The summed E-state index contributed by atoms with van der Waals surface area (Å²) in [6.45, 7) is 0.663. The third-order valence-electron chi connectivity index (χ3n) is 3.27. The minimum absolute atomic E-state index is 0.0648. The number of ketones is 1. The topological polar surface area (TPSA) is 72.5 Å². The van der Waals surface area contributed by atoms with Crippen LogP contribution in [-0.4, -0.2) is 30.8 Å². The van der Waals surface area contributed by atoms with Gasteiger partial charge < -0.3 is 10.1 Å². The lowest BCUT2D eigenvalue weighted by Gasteiger charge is -2.06. The monoisotopic (exact) mass is 345 g/mol. The molecule has 1 N–H and O–H groups in total. The molecule has 0 atom stereocenters. The molecule has 5 nitrogen and oxygen atoms in total. The summed E-state index contributed by atoms with van der Waals surface area (Å²) in [4.78, 5) is 35.8. The number of Topliss-reactive ketones (excluding diaryl/α,β-unsaturated/α-hetero) is 1. The maximum absolute atomic E-state index is 11.9. The van der Waals surface area contributed by atoms with Crippen LogP contribution in [0.15, 0.2) is 47.8 Å². The molecule has 0 saturated heterocycles. The van der Waals surface area contributed by atoms with Gasteiger partial charge in [0.2, 0.25) is 0 Å². The molecule has 0 fully saturated rings. The van der Waals surface area contributed by atoms with Crippen molar-refractivity contribution in [2.45, 2.75) is 19.3 Å². The highest BCUT2D eigenvalue weighted by Gasteiger charge is 2.10. The van der Waals surface area contributed by atoms with Gasteiger partial charge in [-0.2, -0.15) is 0 Å². The maximum atomic E-state index is 11.9. The van der Waals surface area contributed by atoms with Crippen LogP contribution >= 0.6 is 11.3 Å². The van der Waals surface area contributed by atoms with E-state index in [0.717, 1.165) is 0 Å². The van der Waals surface area contributed by atoms with E-state index in [9.17, 15) is 14.4 Å². The van der Waals surface area contributed by atoms with E-state index in [0.29, 0.717) is 23.4 Å². The minimum Gasteiger partial charge on any atom is -0.466 e. The Morgan fingerprint density at radius 3 is 2.50 bits per heavy atom. The lowest BCUT2D eigenvalue weighted by molar-refractivity contribution is -0.143. The first kappa shape index (κ1) is 17.9. The van der Waals surface area contributed by atoms with Crippen LogP contribution in [0, 0.1) is 0 Å². The van der Waals surface area contributed by atoms with Crippen LogP contribution in [0.4, 0.5) is 0 Å². The fourth-order valence-corrected chi connectivity index (χ4v) is 2.65. The Morgan fingerprint density at radius 2 is 1.79 bits per heavy atom. The minimum atomic E-state index is -0.399. The molecule has 6 heteroatoms. The molecule has 0 bridgehead atoms. The van der Waals surface area contributed by atoms with E-state index in [1.807, 2.05) is 17.5 Å². The summed E-state index contributed by atoms with van der Waals surface area (Å²) in [7, 11) is 0. The number of hydrogen-bond acceptors (Lipinski definition) is 5. The van der Waals surface area contributed by atoms with Gasteiger partial charge in [0.15, 0.2) is 5.78 Å². The molecule has 0 spiro atoms. The molecule has 24 heavy (non-hydrogen) atoms. The highest BCUT2D eigenvalue weighted by molar-refractivity contribution is 7.12. The Morgan fingerprint density at radius 1 is 1.00 bits per heavy atom. The summed E-state index contributed by atoms with van der Waals surface area (Å²) >= 11 is 1.38. The number of carbonyl (C=O) groups excluding carboxylic acids is 3. The predicted molar refractivity (Wildman–Crippen MR) is 92.2 cm³/mol. The zero-order valence-electron chi connectivity index (χ0n) is 13.2. The number of benzene rings is 1. The van der Waals surface area contributed by atoms with Crippen LogP contribution in [0.5, 0.6) is 0 Å². The van der Waals surface area contributed by atoms with Gasteiger partial charge in [-0.25, -0.2) is 0 Å². The second kappa shape index (κ2) is 9.62. The predicted octanol–water partition coefficient (Wildman–Crippen LogP) is 3.07. The Bertz CT molecular complexity index is 668. The van der Waals surface area contributed by atoms with E-state index in [-0.39, 0.29) is 31.1 Å². The van der Waals surface area contributed by atoms with Crippen molar-refractivity contribution in [3.8, 4) is 0 Å². The van der Waals surface area contributed by atoms with E-state index in [4.69, 9.17) is 4.74 Å². The molecule has 0 saturated carbocycles. The Kier molecular flexibility index (Phi) is 7.17. The molecule has 1 aromatic heterocycles. The molecule has 2 rings (SSSR count). The lowest BCUT2D eigenvalue weighted by Crippen LogP contribution is -2.24. The van der Waals surface area contributed by atoms with E-state index < -0.39 is 5.97 Å². The number of carbonyl (C=O) groups is 3. The molecule has 0 radical (unpaired) electrons. The lowest BCUT2D eigenvalue weighted by atomic mass is 10.1. The molecule has 1 amide bonds. The van der Waals surface area contributed by atoms with Crippen molar-refractivity contribution in [1.82, 2.24) is 5.32 Å². The molecule has 0 aliphatic carbocycles. The van der Waals surface area contributed by atoms with E-state index >= 15 is 0 Å². The number of esters is 1. The normalized spacial score (nSPS) is 10.2. The number of ether oxygens (including phenoxy) is 1. The summed E-state index contributed by atoms with van der Waals surface area (Å²) in [6, 6.07) is 12.4. The van der Waals surface area contributed by atoms with Gasteiger partial charge >= 0.3 is 5.97 Å². The third-order valence-corrected chi connectivity index (χ3v) is 4.14. The zero-order chi connectivity index (χ0) is 17.2. The molecular formula is C18H19NO4S. The molecule has 0 unspecified atom stereocenters. The summed E-state index contributed by atoms with van der Waals surface area (Å²) in [5.41, 5.74) is 0.599. The standard InChI is InChI=1S/C18H19NO4S/c20-15(14-6-2-1-3-7-14)9-10-17(21)23-12-5-11-19-18(22)16-8-4-13-24-16/h1-4,6-8,13H,5,9-12H2,(H,19,22). The average Bonchev–Trinajstić information content (AvgIpc) is 3.14. The van der Waals surface area contributed by atoms with Crippen LogP contribution in [0.2, 0.25) is 0 Å². The first-order valence-corrected chi connectivity index (χ1v) is 8.60. The Labute approximate surface area is 144 Å². The van der Waals surface area contributed by atoms with Crippen LogP contribution in [0.1, 0.15) is 39.3 Å². The van der Waals surface area contributed by atoms with Gasteiger partial charge in [-0.3, -0.25) is 14.4 Å².